The number of rotatable bonds is 8. The summed E-state index contributed by atoms with van der Waals surface area (Å²) < 4.78 is 1.37. The van der Waals surface area contributed by atoms with Crippen molar-refractivity contribution in [3.63, 3.8) is 0 Å². The zero-order valence-corrected chi connectivity index (χ0v) is 19.5. The van der Waals surface area contributed by atoms with Gasteiger partial charge in [0.1, 0.15) is 24.1 Å². The third-order valence-electron chi connectivity index (χ3n) is 5.36. The summed E-state index contributed by atoms with van der Waals surface area (Å²) >= 11 is 5.86. The molecule has 1 aliphatic rings. The molecule has 1 aromatic carbocycles. The summed E-state index contributed by atoms with van der Waals surface area (Å²) in [7, 11) is 1.48. The molecular formula is C22H23ClN8O4. The molecule has 5 amide bonds. The first-order valence-corrected chi connectivity index (χ1v) is 11.1. The van der Waals surface area contributed by atoms with E-state index in [1.807, 2.05) is 0 Å². The number of carbonyl (C=O) groups is 4. The first-order chi connectivity index (χ1) is 16.7. The van der Waals surface area contributed by atoms with Crippen LogP contribution in [-0.2, 0) is 16.1 Å². The lowest BCUT2D eigenvalue weighted by Gasteiger charge is -2.22. The van der Waals surface area contributed by atoms with Gasteiger partial charge in [0.05, 0.1) is 5.52 Å². The Morgan fingerprint density at radius 1 is 1.17 bits per heavy atom. The smallest absolute Gasteiger partial charge is 0.318 e. The Kier molecular flexibility index (Phi) is 6.82. The van der Waals surface area contributed by atoms with Crippen molar-refractivity contribution >= 4 is 57.8 Å². The van der Waals surface area contributed by atoms with Crippen LogP contribution in [0.25, 0.3) is 10.9 Å². The van der Waals surface area contributed by atoms with Gasteiger partial charge < -0.3 is 26.6 Å². The van der Waals surface area contributed by atoms with Crippen molar-refractivity contribution in [3.8, 4) is 0 Å². The minimum absolute atomic E-state index is 0.0314. The van der Waals surface area contributed by atoms with Gasteiger partial charge in [0.15, 0.2) is 5.69 Å². The summed E-state index contributed by atoms with van der Waals surface area (Å²) in [5, 5.41) is 12.5. The predicted molar refractivity (Wildman–Crippen MR) is 129 cm³/mol. The van der Waals surface area contributed by atoms with E-state index in [1.54, 1.807) is 36.4 Å². The number of nitrogens with two attached hydrogens (primary N) is 1. The van der Waals surface area contributed by atoms with E-state index in [2.05, 4.69) is 26.0 Å². The summed E-state index contributed by atoms with van der Waals surface area (Å²) in [6.45, 7) is -0.370. The van der Waals surface area contributed by atoms with E-state index >= 15 is 0 Å². The van der Waals surface area contributed by atoms with Crippen LogP contribution < -0.4 is 21.7 Å². The van der Waals surface area contributed by atoms with E-state index in [-0.39, 0.29) is 41.7 Å². The standard InChI is InChI=1S/C22H23ClN8O4/c1-25-22(35)26-12-5-8-15-14(9-12)20(21(24)34)29-31(15)11-19(33)30(13-6-7-13)10-18(32)28-17-4-2-3-16(23)27-17/h2-5,8-9,13H,6-7,10-11H2,1H3,(H2,24,34)(H2,25,26,35)(H,27,28,32). The summed E-state index contributed by atoms with van der Waals surface area (Å²) in [4.78, 5) is 54.9. The van der Waals surface area contributed by atoms with E-state index in [9.17, 15) is 19.2 Å². The van der Waals surface area contributed by atoms with Gasteiger partial charge >= 0.3 is 6.03 Å². The fraction of sp³-hybridized carbons (Fsp3) is 0.273. The number of amides is 5. The monoisotopic (exact) mass is 498 g/mol. The third-order valence-corrected chi connectivity index (χ3v) is 5.57. The molecule has 0 aliphatic heterocycles. The van der Waals surface area contributed by atoms with Crippen molar-refractivity contribution in [2.45, 2.75) is 25.4 Å². The van der Waals surface area contributed by atoms with E-state index < -0.39 is 17.8 Å². The van der Waals surface area contributed by atoms with Crippen molar-refractivity contribution < 1.29 is 19.2 Å². The predicted octanol–water partition coefficient (Wildman–Crippen LogP) is 1.56. The number of benzene rings is 1. The van der Waals surface area contributed by atoms with Crippen LogP contribution in [0.4, 0.5) is 16.3 Å². The normalized spacial score (nSPS) is 12.7. The molecule has 182 valence electrons. The molecule has 2 heterocycles. The molecule has 0 spiro atoms. The van der Waals surface area contributed by atoms with Crippen LogP contribution in [0.3, 0.4) is 0 Å². The number of nitrogens with one attached hydrogen (secondary N) is 3. The van der Waals surface area contributed by atoms with Crippen LogP contribution in [0.1, 0.15) is 23.3 Å². The molecule has 1 aliphatic carbocycles. The van der Waals surface area contributed by atoms with E-state index in [4.69, 9.17) is 17.3 Å². The molecule has 1 saturated carbocycles. The number of nitrogens with zero attached hydrogens (tertiary/aromatic N) is 4. The molecule has 2 aromatic heterocycles. The molecule has 0 saturated heterocycles. The van der Waals surface area contributed by atoms with Crippen LogP contribution in [0.5, 0.6) is 0 Å². The number of hydrogen-bond acceptors (Lipinski definition) is 6. The van der Waals surface area contributed by atoms with Gasteiger partial charge in [0.2, 0.25) is 11.8 Å². The fourth-order valence-corrected chi connectivity index (χ4v) is 3.76. The number of primary amides is 1. The average molecular weight is 499 g/mol. The average Bonchev–Trinajstić information content (AvgIpc) is 3.59. The summed E-state index contributed by atoms with van der Waals surface area (Å²) in [5.74, 6) is -1.23. The Morgan fingerprint density at radius 2 is 1.94 bits per heavy atom. The number of fused-ring (bicyclic) bond motifs is 1. The molecule has 12 nitrogen and oxygen atoms in total. The number of carbonyl (C=O) groups excluding carboxylic acids is 4. The van der Waals surface area contributed by atoms with E-state index in [1.165, 1.54) is 16.6 Å². The molecule has 35 heavy (non-hydrogen) atoms. The Bertz CT molecular complexity index is 1320. The molecule has 1 fully saturated rings. The molecule has 0 radical (unpaired) electrons. The highest BCUT2D eigenvalue weighted by atomic mass is 35.5. The molecule has 0 unspecified atom stereocenters. The van der Waals surface area contributed by atoms with E-state index in [0.717, 1.165) is 12.8 Å². The Labute approximate surface area is 204 Å². The Balaban J connectivity index is 1.53. The second-order valence-corrected chi connectivity index (χ2v) is 8.34. The zero-order valence-electron chi connectivity index (χ0n) is 18.7. The lowest BCUT2D eigenvalue weighted by molar-refractivity contribution is -0.135. The minimum Gasteiger partial charge on any atom is -0.364 e. The second kappa shape index (κ2) is 9.97. The van der Waals surface area contributed by atoms with Crippen molar-refractivity contribution in [1.29, 1.82) is 0 Å². The number of urea groups is 1. The largest absolute Gasteiger partial charge is 0.364 e. The molecule has 5 N–H and O–H groups in total. The van der Waals surface area contributed by atoms with Gasteiger partial charge in [-0.25, -0.2) is 9.78 Å². The lowest BCUT2D eigenvalue weighted by atomic mass is 10.2. The van der Waals surface area contributed by atoms with Crippen LogP contribution >= 0.6 is 11.6 Å². The maximum Gasteiger partial charge on any atom is 0.318 e. The maximum atomic E-state index is 13.2. The topological polar surface area (TPSA) is 164 Å². The highest BCUT2D eigenvalue weighted by Crippen LogP contribution is 2.28. The number of pyridine rings is 1. The highest BCUT2D eigenvalue weighted by molar-refractivity contribution is 6.29. The molecule has 0 atom stereocenters. The first-order valence-electron chi connectivity index (χ1n) is 10.8. The van der Waals surface area contributed by atoms with Gasteiger partial charge in [-0.3, -0.25) is 19.1 Å². The van der Waals surface area contributed by atoms with Crippen LogP contribution in [0.2, 0.25) is 5.15 Å². The molecule has 4 rings (SSSR count). The van der Waals surface area contributed by atoms with E-state index in [0.29, 0.717) is 16.6 Å². The van der Waals surface area contributed by atoms with Crippen molar-refractivity contribution in [2.24, 2.45) is 5.73 Å². The van der Waals surface area contributed by atoms with Gasteiger partial charge in [-0.1, -0.05) is 17.7 Å². The molecule has 0 bridgehead atoms. The molecule has 13 heteroatoms. The Hall–Kier alpha value is -4.19. The van der Waals surface area contributed by atoms with Gasteiger partial charge in [0.25, 0.3) is 5.91 Å². The SMILES string of the molecule is CNC(=O)Nc1ccc2c(c1)c(C(N)=O)nn2CC(=O)N(CC(=O)Nc1cccc(Cl)n1)C1CC1. The number of aromatic nitrogens is 3. The van der Waals surface area contributed by atoms with Crippen LogP contribution in [0.15, 0.2) is 36.4 Å². The number of hydrogen-bond donors (Lipinski definition) is 4. The summed E-state index contributed by atoms with van der Waals surface area (Å²) in [6, 6.07) is 9.17. The maximum absolute atomic E-state index is 13.2. The number of halogens is 1. The van der Waals surface area contributed by atoms with Crippen molar-refractivity contribution in [2.75, 3.05) is 24.2 Å². The van der Waals surface area contributed by atoms with Crippen molar-refractivity contribution in [3.05, 3.63) is 47.2 Å². The lowest BCUT2D eigenvalue weighted by Crippen LogP contribution is -2.41. The molecular weight excluding hydrogens is 476 g/mol. The highest BCUT2D eigenvalue weighted by Gasteiger charge is 2.34. The van der Waals surface area contributed by atoms with Gasteiger partial charge in [0, 0.05) is 24.2 Å². The number of anilines is 2. The third kappa shape index (κ3) is 5.66. The van der Waals surface area contributed by atoms with Crippen LogP contribution in [-0.4, -0.2) is 63.1 Å². The van der Waals surface area contributed by atoms with Gasteiger partial charge in [-0.2, -0.15) is 5.10 Å². The van der Waals surface area contributed by atoms with Crippen molar-refractivity contribution in [1.82, 2.24) is 25.0 Å². The Morgan fingerprint density at radius 3 is 2.60 bits per heavy atom. The fourth-order valence-electron chi connectivity index (χ4n) is 3.59. The summed E-state index contributed by atoms with van der Waals surface area (Å²) in [6.07, 6.45) is 1.57. The quantitative estimate of drug-likeness (QED) is 0.344. The van der Waals surface area contributed by atoms with Gasteiger partial charge in [-0.15, -0.1) is 0 Å². The van der Waals surface area contributed by atoms with Crippen LogP contribution in [0, 0.1) is 0 Å². The molecule has 3 aromatic rings. The zero-order chi connectivity index (χ0) is 25.1. The second-order valence-electron chi connectivity index (χ2n) is 7.95. The first kappa shape index (κ1) is 24.0. The van der Waals surface area contributed by atoms with Gasteiger partial charge in [-0.05, 0) is 43.2 Å². The minimum atomic E-state index is -0.772. The summed E-state index contributed by atoms with van der Waals surface area (Å²) in [5.41, 5.74) is 6.37.